The molecule has 0 saturated heterocycles. The smallest absolute Gasteiger partial charge is 0.306 e. The fraction of sp³-hybridized carbons (Fsp3) is 0.567. The molecule has 0 N–H and O–H groups in total. The number of carbonyl (C=O) groups excluding carboxylic acids is 3. The average molecular weight is 1010 g/mol. The van der Waals surface area contributed by atoms with Gasteiger partial charge in [0.05, 0.1) is 0 Å². The molecule has 408 valence electrons. The van der Waals surface area contributed by atoms with E-state index in [1.807, 2.05) is 0 Å². The second-order valence-electron chi connectivity index (χ2n) is 18.4. The van der Waals surface area contributed by atoms with Crippen molar-refractivity contribution >= 4 is 17.9 Å². The summed E-state index contributed by atoms with van der Waals surface area (Å²) in [6.45, 7) is 6.21. The van der Waals surface area contributed by atoms with Gasteiger partial charge in [0.1, 0.15) is 13.2 Å². The molecule has 0 rings (SSSR count). The van der Waals surface area contributed by atoms with E-state index in [1.54, 1.807) is 0 Å². The van der Waals surface area contributed by atoms with Gasteiger partial charge < -0.3 is 14.2 Å². The molecule has 0 saturated carbocycles. The molecular formula is C67H104O6. The Morgan fingerprint density at radius 1 is 0.274 bits per heavy atom. The molecule has 0 heterocycles. The van der Waals surface area contributed by atoms with Crippen molar-refractivity contribution in [3.05, 3.63) is 158 Å². The Hall–Kier alpha value is -4.97. The van der Waals surface area contributed by atoms with Crippen LogP contribution in [0.2, 0.25) is 0 Å². The third kappa shape index (κ3) is 57.8. The number of carbonyl (C=O) groups is 3. The topological polar surface area (TPSA) is 78.9 Å². The first kappa shape index (κ1) is 68.0. The van der Waals surface area contributed by atoms with Crippen molar-refractivity contribution in [2.45, 2.75) is 232 Å². The van der Waals surface area contributed by atoms with Crippen LogP contribution in [0.25, 0.3) is 0 Å². The Balaban J connectivity index is 4.54. The second-order valence-corrected chi connectivity index (χ2v) is 18.4. The van der Waals surface area contributed by atoms with E-state index >= 15 is 0 Å². The summed E-state index contributed by atoms with van der Waals surface area (Å²) in [7, 11) is 0. The quantitative estimate of drug-likeness (QED) is 0.0261. The van der Waals surface area contributed by atoms with Crippen LogP contribution in [-0.4, -0.2) is 37.2 Å². The highest BCUT2D eigenvalue weighted by Crippen LogP contribution is 2.13. The molecule has 6 heteroatoms. The lowest BCUT2D eigenvalue weighted by atomic mass is 10.1. The molecule has 0 spiro atoms. The molecule has 0 amide bonds. The van der Waals surface area contributed by atoms with Crippen LogP contribution in [0.5, 0.6) is 0 Å². The van der Waals surface area contributed by atoms with Crippen LogP contribution in [0, 0.1) is 0 Å². The molecule has 1 unspecified atom stereocenters. The van der Waals surface area contributed by atoms with Gasteiger partial charge in [-0.1, -0.05) is 230 Å². The van der Waals surface area contributed by atoms with Gasteiger partial charge in [0, 0.05) is 19.3 Å². The zero-order chi connectivity index (χ0) is 52.9. The Morgan fingerprint density at radius 2 is 0.507 bits per heavy atom. The molecule has 6 nitrogen and oxygen atoms in total. The highest BCUT2D eigenvalue weighted by Gasteiger charge is 2.19. The fourth-order valence-electron chi connectivity index (χ4n) is 7.28. The Morgan fingerprint density at radius 3 is 0.808 bits per heavy atom. The van der Waals surface area contributed by atoms with Crippen LogP contribution in [0.15, 0.2) is 158 Å². The molecule has 0 aliphatic carbocycles. The number of hydrogen-bond acceptors (Lipinski definition) is 6. The van der Waals surface area contributed by atoms with E-state index in [-0.39, 0.29) is 37.5 Å². The van der Waals surface area contributed by atoms with Crippen LogP contribution in [0.4, 0.5) is 0 Å². The summed E-state index contributed by atoms with van der Waals surface area (Å²) in [5, 5.41) is 0. The van der Waals surface area contributed by atoms with E-state index in [0.29, 0.717) is 19.3 Å². The van der Waals surface area contributed by atoms with Crippen molar-refractivity contribution in [1.29, 1.82) is 0 Å². The van der Waals surface area contributed by atoms with Crippen LogP contribution in [0.3, 0.4) is 0 Å². The normalized spacial score (nSPS) is 13.3. The molecule has 0 bridgehead atoms. The number of allylic oxidation sites excluding steroid dienone is 26. The molecule has 0 aliphatic heterocycles. The summed E-state index contributed by atoms with van der Waals surface area (Å²) in [5.41, 5.74) is 0. The maximum absolute atomic E-state index is 12.9. The Labute approximate surface area is 448 Å². The summed E-state index contributed by atoms with van der Waals surface area (Å²) >= 11 is 0. The number of unbranched alkanes of at least 4 members (excludes halogenated alkanes) is 13. The molecular weight excluding hydrogens is 901 g/mol. The minimum Gasteiger partial charge on any atom is -0.462 e. The average Bonchev–Trinajstić information content (AvgIpc) is 3.39. The van der Waals surface area contributed by atoms with Crippen molar-refractivity contribution in [2.75, 3.05) is 13.2 Å². The minimum atomic E-state index is -0.830. The third-order valence-corrected chi connectivity index (χ3v) is 11.5. The van der Waals surface area contributed by atoms with Crippen LogP contribution >= 0.6 is 0 Å². The van der Waals surface area contributed by atoms with Gasteiger partial charge in [0.15, 0.2) is 6.10 Å². The summed E-state index contributed by atoms with van der Waals surface area (Å²) in [6.07, 6.45) is 86.6. The maximum Gasteiger partial charge on any atom is 0.306 e. The lowest BCUT2D eigenvalue weighted by molar-refractivity contribution is -0.167. The third-order valence-electron chi connectivity index (χ3n) is 11.5. The van der Waals surface area contributed by atoms with Crippen molar-refractivity contribution in [3.8, 4) is 0 Å². The molecule has 1 atom stereocenters. The highest BCUT2D eigenvalue weighted by atomic mass is 16.6. The van der Waals surface area contributed by atoms with Crippen molar-refractivity contribution in [2.24, 2.45) is 0 Å². The van der Waals surface area contributed by atoms with E-state index < -0.39 is 6.10 Å². The molecule has 0 fully saturated rings. The van der Waals surface area contributed by atoms with Gasteiger partial charge in [0.25, 0.3) is 0 Å². The summed E-state index contributed by atoms with van der Waals surface area (Å²) in [4.78, 5) is 38.2. The summed E-state index contributed by atoms with van der Waals surface area (Å²) in [5.74, 6) is -1.02. The van der Waals surface area contributed by atoms with E-state index in [9.17, 15) is 14.4 Å². The van der Waals surface area contributed by atoms with Crippen molar-refractivity contribution < 1.29 is 28.6 Å². The molecule has 0 aromatic carbocycles. The van der Waals surface area contributed by atoms with Crippen molar-refractivity contribution in [1.82, 2.24) is 0 Å². The zero-order valence-corrected chi connectivity index (χ0v) is 46.6. The molecule has 0 aromatic heterocycles. The van der Waals surface area contributed by atoms with E-state index in [0.717, 1.165) is 148 Å². The van der Waals surface area contributed by atoms with Gasteiger partial charge in [-0.2, -0.15) is 0 Å². The fourth-order valence-corrected chi connectivity index (χ4v) is 7.28. The van der Waals surface area contributed by atoms with Gasteiger partial charge in [-0.05, 0) is 135 Å². The number of esters is 3. The van der Waals surface area contributed by atoms with Crippen molar-refractivity contribution in [3.63, 3.8) is 0 Å². The first-order chi connectivity index (χ1) is 36.0. The monoisotopic (exact) mass is 1000 g/mol. The SMILES string of the molecule is CC/C=C\C/C=C\C/C=C\C/C=C\C/C=C\CCCC(=O)OC(COC(=O)CCCCCC/C=C\C/C=C\C/C=C\C/C=C\CC)COC(=O)CCCCCCCCCC/C=C\C/C=C\C/C=C\C/C=C\CC. The maximum atomic E-state index is 12.9. The van der Waals surface area contributed by atoms with Gasteiger partial charge in [-0.3, -0.25) is 14.4 Å². The predicted molar refractivity (Wildman–Crippen MR) is 315 cm³/mol. The van der Waals surface area contributed by atoms with Gasteiger partial charge in [0.2, 0.25) is 0 Å². The zero-order valence-electron chi connectivity index (χ0n) is 46.6. The van der Waals surface area contributed by atoms with Gasteiger partial charge in [-0.25, -0.2) is 0 Å². The molecule has 0 aromatic rings. The number of rotatable bonds is 50. The highest BCUT2D eigenvalue weighted by molar-refractivity contribution is 5.71. The summed E-state index contributed by atoms with van der Waals surface area (Å²) < 4.78 is 16.8. The van der Waals surface area contributed by atoms with Crippen LogP contribution in [0.1, 0.15) is 226 Å². The standard InChI is InChI=1S/C67H104O6/c1-4-7-10-13-16-19-22-25-28-31-32-33-34-37-39-42-45-48-51-54-57-60-66(69)72-63-64(73-67(70)61-58-55-52-49-46-43-40-36-30-27-24-21-18-15-12-9-6-3)62-71-65(68)59-56-53-50-47-44-41-38-35-29-26-23-20-17-14-11-8-5-2/h7-12,16-21,25-30,32-33,38,40-41,43,49,52,64H,4-6,13-15,22-24,31,34-37,39,42,44-48,50-51,53-63H2,1-3H3/b10-7-,11-8-,12-9-,19-16-,20-17-,21-18-,28-25-,29-26-,30-27-,33-32-,41-38-,43-40-,52-49-. The van der Waals surface area contributed by atoms with Crippen LogP contribution < -0.4 is 0 Å². The predicted octanol–water partition coefficient (Wildman–Crippen LogP) is 19.8. The molecule has 73 heavy (non-hydrogen) atoms. The molecule has 0 aliphatic rings. The van der Waals surface area contributed by atoms with Gasteiger partial charge in [-0.15, -0.1) is 0 Å². The Bertz CT molecular complexity index is 1670. The van der Waals surface area contributed by atoms with E-state index in [2.05, 4.69) is 179 Å². The largest absolute Gasteiger partial charge is 0.462 e. The second kappa shape index (κ2) is 59.6. The minimum absolute atomic E-state index is 0.120. The molecule has 0 radical (unpaired) electrons. The lowest BCUT2D eigenvalue weighted by Crippen LogP contribution is -2.30. The van der Waals surface area contributed by atoms with E-state index in [4.69, 9.17) is 14.2 Å². The number of ether oxygens (including phenoxy) is 3. The van der Waals surface area contributed by atoms with Gasteiger partial charge >= 0.3 is 17.9 Å². The summed E-state index contributed by atoms with van der Waals surface area (Å²) in [6, 6.07) is 0. The van der Waals surface area contributed by atoms with E-state index in [1.165, 1.54) is 32.1 Å². The lowest BCUT2D eigenvalue weighted by Gasteiger charge is -2.18. The number of hydrogen-bond donors (Lipinski definition) is 0. The Kier molecular flexibility index (Phi) is 55.5. The first-order valence-electron chi connectivity index (χ1n) is 29.0. The first-order valence-corrected chi connectivity index (χ1v) is 29.0. The van der Waals surface area contributed by atoms with Crippen LogP contribution in [-0.2, 0) is 28.6 Å².